The summed E-state index contributed by atoms with van der Waals surface area (Å²) in [7, 11) is 0. The molecule has 3 fully saturated rings. The lowest BCUT2D eigenvalue weighted by Gasteiger charge is -2.51. The molecule has 2 aliphatic carbocycles. The molecule has 2 aliphatic heterocycles. The topological polar surface area (TPSA) is 65.1 Å². The van der Waals surface area contributed by atoms with Crippen LogP contribution in [0.25, 0.3) is 10.9 Å². The zero-order chi connectivity index (χ0) is 24.5. The molecule has 4 aliphatic rings. The van der Waals surface area contributed by atoms with Crippen LogP contribution in [-0.4, -0.2) is 57.7 Å². The normalized spacial score (nSPS) is 27.1. The number of carbonyl (C=O) groups excluding carboxylic acids is 1. The Balaban J connectivity index is 1.17. The Morgan fingerprint density at radius 2 is 1.92 bits per heavy atom. The Morgan fingerprint density at radius 1 is 1.11 bits per heavy atom. The summed E-state index contributed by atoms with van der Waals surface area (Å²) < 4.78 is 15.1. The lowest BCUT2D eigenvalue weighted by molar-refractivity contribution is -0.118. The fourth-order valence-electron chi connectivity index (χ4n) is 7.16. The second-order valence-corrected chi connectivity index (χ2v) is 12.0. The number of piperidine rings is 1. The lowest BCUT2D eigenvalue weighted by Crippen LogP contribution is -2.47. The molecule has 1 spiro atoms. The van der Waals surface area contributed by atoms with Gasteiger partial charge in [-0.05, 0) is 86.6 Å². The molecule has 0 radical (unpaired) electrons. The standard InChI is InChI=1S/C29H34FN5O/c1-19-12-23-22(3-5-25-24(23)16-32-33-25)27(35(19)18-29(30)6-7-29)26-4-2-21(15-31-26)34-10-8-28(9-11-34)13-20(14-28)17-36/h2-5,15-17,19-20,27H,6-14,18H2,1H3,(H,32,33)/t19-,27?/m1/s1. The van der Waals surface area contributed by atoms with E-state index in [1.807, 2.05) is 12.4 Å². The Hall–Kier alpha value is -2.80. The fourth-order valence-corrected chi connectivity index (χ4v) is 7.16. The van der Waals surface area contributed by atoms with Crippen molar-refractivity contribution in [3.8, 4) is 0 Å². The zero-order valence-electron chi connectivity index (χ0n) is 20.9. The highest BCUT2D eigenvalue weighted by Crippen LogP contribution is 2.52. The molecule has 0 bridgehead atoms. The molecule has 6 nitrogen and oxygen atoms in total. The molecule has 1 unspecified atom stereocenters. The highest BCUT2D eigenvalue weighted by Gasteiger charge is 2.48. The number of hydrogen-bond acceptors (Lipinski definition) is 5. The third-order valence-electron chi connectivity index (χ3n) is 9.55. The predicted octanol–water partition coefficient (Wildman–Crippen LogP) is 4.99. The molecule has 2 saturated carbocycles. The predicted molar refractivity (Wildman–Crippen MR) is 138 cm³/mol. The van der Waals surface area contributed by atoms with Crippen LogP contribution in [0.3, 0.4) is 0 Å². The number of fused-ring (bicyclic) bond motifs is 3. The van der Waals surface area contributed by atoms with Crippen LogP contribution < -0.4 is 4.90 Å². The first-order chi connectivity index (χ1) is 17.5. The van der Waals surface area contributed by atoms with Gasteiger partial charge in [0.2, 0.25) is 0 Å². The number of carbonyl (C=O) groups is 1. The number of aromatic amines is 1. The van der Waals surface area contributed by atoms with Crippen LogP contribution in [0.1, 0.15) is 68.3 Å². The molecule has 7 rings (SSSR count). The zero-order valence-corrected chi connectivity index (χ0v) is 20.9. The van der Waals surface area contributed by atoms with E-state index in [4.69, 9.17) is 4.98 Å². The summed E-state index contributed by atoms with van der Waals surface area (Å²) in [4.78, 5) is 20.8. The number of aldehydes is 1. The largest absolute Gasteiger partial charge is 0.370 e. The minimum Gasteiger partial charge on any atom is -0.370 e. The van der Waals surface area contributed by atoms with Gasteiger partial charge in [-0.15, -0.1) is 0 Å². The molecule has 2 aromatic heterocycles. The summed E-state index contributed by atoms with van der Waals surface area (Å²) in [5, 5.41) is 8.54. The number of rotatable bonds is 5. The van der Waals surface area contributed by atoms with Gasteiger partial charge in [-0.25, -0.2) is 4.39 Å². The molecule has 1 aromatic carbocycles. The molecule has 2 atom stereocenters. The molecule has 1 N–H and O–H groups in total. The van der Waals surface area contributed by atoms with Crippen LogP contribution in [0.5, 0.6) is 0 Å². The van der Waals surface area contributed by atoms with Crippen molar-refractivity contribution in [2.45, 2.75) is 69.6 Å². The van der Waals surface area contributed by atoms with Crippen LogP contribution >= 0.6 is 0 Å². The maximum Gasteiger partial charge on any atom is 0.124 e. The Labute approximate surface area is 211 Å². The van der Waals surface area contributed by atoms with Crippen LogP contribution in [-0.2, 0) is 11.2 Å². The lowest BCUT2D eigenvalue weighted by atomic mass is 9.58. The summed E-state index contributed by atoms with van der Waals surface area (Å²) in [6.07, 6.45) is 11.7. The van der Waals surface area contributed by atoms with Crippen molar-refractivity contribution in [3.63, 3.8) is 0 Å². The molecular weight excluding hydrogens is 453 g/mol. The van der Waals surface area contributed by atoms with Crippen LogP contribution in [0.4, 0.5) is 10.1 Å². The van der Waals surface area contributed by atoms with Crippen molar-refractivity contribution in [2.24, 2.45) is 11.3 Å². The van der Waals surface area contributed by atoms with Gasteiger partial charge in [-0.1, -0.05) is 6.07 Å². The second-order valence-electron chi connectivity index (χ2n) is 12.0. The van der Waals surface area contributed by atoms with E-state index in [1.54, 1.807) is 0 Å². The van der Waals surface area contributed by atoms with Crippen molar-refractivity contribution in [1.29, 1.82) is 0 Å². The van der Waals surface area contributed by atoms with E-state index in [2.05, 4.69) is 51.2 Å². The number of pyridine rings is 1. The summed E-state index contributed by atoms with van der Waals surface area (Å²) in [6.45, 7) is 4.71. The number of H-pyrrole nitrogens is 1. The van der Waals surface area contributed by atoms with Gasteiger partial charge in [0.25, 0.3) is 0 Å². The van der Waals surface area contributed by atoms with Crippen molar-refractivity contribution in [1.82, 2.24) is 20.1 Å². The highest BCUT2D eigenvalue weighted by atomic mass is 19.1. The molecule has 7 heteroatoms. The van der Waals surface area contributed by atoms with Crippen LogP contribution in [0.2, 0.25) is 0 Å². The van der Waals surface area contributed by atoms with Gasteiger partial charge in [-0.2, -0.15) is 5.10 Å². The maximum absolute atomic E-state index is 15.1. The van der Waals surface area contributed by atoms with Gasteiger partial charge in [0, 0.05) is 37.0 Å². The summed E-state index contributed by atoms with van der Waals surface area (Å²) in [5.41, 5.74) is 5.06. The third kappa shape index (κ3) is 3.66. The summed E-state index contributed by atoms with van der Waals surface area (Å²) in [5.74, 6) is 0.281. The van der Waals surface area contributed by atoms with E-state index in [-0.39, 0.29) is 18.0 Å². The average molecular weight is 488 g/mol. The fraction of sp³-hybridized carbons (Fsp3) is 0.552. The average Bonchev–Trinajstić information content (AvgIpc) is 3.40. The molecule has 36 heavy (non-hydrogen) atoms. The van der Waals surface area contributed by atoms with Crippen LogP contribution in [0.15, 0.2) is 36.7 Å². The highest BCUT2D eigenvalue weighted by molar-refractivity contribution is 5.83. The second kappa shape index (κ2) is 8.10. The molecular formula is C29H34FN5O. The third-order valence-corrected chi connectivity index (χ3v) is 9.55. The van der Waals surface area contributed by atoms with Crippen molar-refractivity contribution in [3.05, 3.63) is 53.5 Å². The van der Waals surface area contributed by atoms with Gasteiger partial charge in [0.15, 0.2) is 0 Å². The number of alkyl halides is 1. The molecule has 3 aromatic rings. The van der Waals surface area contributed by atoms with Crippen molar-refractivity contribution in [2.75, 3.05) is 24.5 Å². The van der Waals surface area contributed by atoms with Gasteiger partial charge in [0.05, 0.1) is 35.3 Å². The van der Waals surface area contributed by atoms with E-state index < -0.39 is 5.67 Å². The summed E-state index contributed by atoms with van der Waals surface area (Å²) in [6, 6.07) is 8.78. The van der Waals surface area contributed by atoms with E-state index in [0.717, 1.165) is 73.8 Å². The van der Waals surface area contributed by atoms with E-state index in [1.165, 1.54) is 11.1 Å². The van der Waals surface area contributed by atoms with Gasteiger partial charge < -0.3 is 9.69 Å². The quantitative estimate of drug-likeness (QED) is 0.514. The number of aromatic nitrogens is 3. The Bertz CT molecular complexity index is 1280. The van der Waals surface area contributed by atoms with Crippen LogP contribution in [0, 0.1) is 11.3 Å². The number of anilines is 1. The first kappa shape index (κ1) is 22.4. The summed E-state index contributed by atoms with van der Waals surface area (Å²) >= 11 is 0. The van der Waals surface area contributed by atoms with Crippen molar-refractivity contribution < 1.29 is 9.18 Å². The van der Waals surface area contributed by atoms with Gasteiger partial charge in [-0.3, -0.25) is 15.0 Å². The Kier molecular flexibility index (Phi) is 5.04. The number of nitrogens with one attached hydrogen (secondary N) is 1. The van der Waals surface area contributed by atoms with Crippen molar-refractivity contribution >= 4 is 22.9 Å². The first-order valence-corrected chi connectivity index (χ1v) is 13.5. The number of halogens is 1. The first-order valence-electron chi connectivity index (χ1n) is 13.5. The van der Waals surface area contributed by atoms with E-state index in [0.29, 0.717) is 24.8 Å². The SMILES string of the molecule is C[C@@H]1Cc2c(ccc3[nH]ncc23)C(c2ccc(N3CCC4(CC3)CC(C=O)C4)cn2)N1CC1(F)CC1. The van der Waals surface area contributed by atoms with Gasteiger partial charge in [0.1, 0.15) is 12.0 Å². The monoisotopic (exact) mass is 487 g/mol. The number of benzene rings is 1. The smallest absolute Gasteiger partial charge is 0.124 e. The minimum atomic E-state index is -1.06. The van der Waals surface area contributed by atoms with E-state index >= 15 is 4.39 Å². The molecule has 4 heterocycles. The minimum absolute atomic E-state index is 0.0646. The van der Waals surface area contributed by atoms with E-state index in [9.17, 15) is 4.79 Å². The molecule has 1 saturated heterocycles. The molecule has 188 valence electrons. The number of nitrogens with zero attached hydrogens (tertiary/aromatic N) is 4. The Morgan fingerprint density at radius 3 is 2.61 bits per heavy atom. The van der Waals surface area contributed by atoms with Gasteiger partial charge >= 0.3 is 0 Å². The maximum atomic E-state index is 15.1. The number of hydrogen-bond donors (Lipinski definition) is 1. The molecule has 0 amide bonds.